The monoisotopic (exact) mass is 456 g/mol. The van der Waals surface area contributed by atoms with Crippen molar-refractivity contribution in [2.45, 2.75) is 40.5 Å². The van der Waals surface area contributed by atoms with Gasteiger partial charge in [-0.05, 0) is 38.5 Å². The van der Waals surface area contributed by atoms with E-state index in [0.717, 1.165) is 12.8 Å². The molecule has 2 amide bonds. The Kier molecular flexibility index (Phi) is 15.0. The molecule has 0 aromatic carbocycles. The minimum absolute atomic E-state index is 0.0257. The van der Waals surface area contributed by atoms with Crippen LogP contribution >= 0.6 is 0 Å². The maximum absolute atomic E-state index is 11.7. The third-order valence-corrected chi connectivity index (χ3v) is 4.10. The summed E-state index contributed by atoms with van der Waals surface area (Å²) in [5.41, 5.74) is 0.567. The molecule has 0 bridgehead atoms. The molecule has 0 saturated heterocycles. The molecule has 0 aromatic rings. The third-order valence-electron chi connectivity index (χ3n) is 4.10. The van der Waals surface area contributed by atoms with Gasteiger partial charge in [-0.15, -0.1) is 0 Å². The van der Waals surface area contributed by atoms with Gasteiger partial charge < -0.3 is 29.6 Å². The highest BCUT2D eigenvalue weighted by molar-refractivity contribution is 5.87. The summed E-state index contributed by atoms with van der Waals surface area (Å²) < 4.78 is 19.5. The summed E-state index contributed by atoms with van der Waals surface area (Å²) in [5.74, 6) is -0.540. The number of hydrogen-bond acceptors (Lipinski definition) is 8. The molecule has 0 aliphatic heterocycles. The molecule has 10 heteroatoms. The van der Waals surface area contributed by atoms with E-state index in [-0.39, 0.29) is 43.5 Å². The Bertz CT molecular complexity index is 662. The second-order valence-electron chi connectivity index (χ2n) is 7.65. The number of alkyl carbamates (subject to hydrolysis) is 2. The van der Waals surface area contributed by atoms with Crippen LogP contribution in [0, 0.1) is 11.8 Å². The first-order valence-corrected chi connectivity index (χ1v) is 10.5. The van der Waals surface area contributed by atoms with Crippen molar-refractivity contribution in [1.82, 2.24) is 10.6 Å². The summed E-state index contributed by atoms with van der Waals surface area (Å²) in [6.45, 7) is 14.8. The van der Waals surface area contributed by atoms with Crippen LogP contribution in [0.3, 0.4) is 0 Å². The van der Waals surface area contributed by atoms with Gasteiger partial charge in [0.1, 0.15) is 26.4 Å². The SMILES string of the molecule is C=C(C)C(=O)OCCOC(=O)NCCC(C)CC(C)CNC(=O)OCCOC(=O)C(=C)C. The lowest BCUT2D eigenvalue weighted by molar-refractivity contribution is -0.140. The van der Waals surface area contributed by atoms with Gasteiger partial charge in [-0.25, -0.2) is 19.2 Å². The summed E-state index contributed by atoms with van der Waals surface area (Å²) in [4.78, 5) is 45.6. The molecule has 10 nitrogen and oxygen atoms in total. The van der Waals surface area contributed by atoms with Crippen molar-refractivity contribution in [2.75, 3.05) is 39.5 Å². The van der Waals surface area contributed by atoms with Gasteiger partial charge in [-0.1, -0.05) is 27.0 Å². The molecular weight excluding hydrogens is 420 g/mol. The Labute approximate surface area is 189 Å². The van der Waals surface area contributed by atoms with E-state index in [1.54, 1.807) is 0 Å². The molecule has 0 heterocycles. The van der Waals surface area contributed by atoms with Crippen molar-refractivity contribution in [3.8, 4) is 0 Å². The zero-order valence-electron chi connectivity index (χ0n) is 19.5. The second kappa shape index (κ2) is 16.6. The van der Waals surface area contributed by atoms with Crippen LogP contribution in [0.2, 0.25) is 0 Å². The van der Waals surface area contributed by atoms with E-state index in [4.69, 9.17) is 18.9 Å². The van der Waals surface area contributed by atoms with Crippen molar-refractivity contribution < 1.29 is 38.1 Å². The van der Waals surface area contributed by atoms with E-state index in [2.05, 4.69) is 30.7 Å². The summed E-state index contributed by atoms with van der Waals surface area (Å²) in [6, 6.07) is 0. The van der Waals surface area contributed by atoms with Crippen molar-refractivity contribution in [1.29, 1.82) is 0 Å². The number of rotatable bonds is 15. The molecule has 0 aliphatic carbocycles. The Morgan fingerprint density at radius 2 is 1.16 bits per heavy atom. The molecule has 0 saturated carbocycles. The molecular formula is C22H36N2O8. The van der Waals surface area contributed by atoms with Crippen LogP contribution in [0.15, 0.2) is 24.3 Å². The normalized spacial score (nSPS) is 12.0. The van der Waals surface area contributed by atoms with Crippen LogP contribution < -0.4 is 10.6 Å². The lowest BCUT2D eigenvalue weighted by atomic mass is 9.95. The number of hydrogen-bond donors (Lipinski definition) is 2. The zero-order chi connectivity index (χ0) is 24.5. The topological polar surface area (TPSA) is 129 Å². The molecule has 0 radical (unpaired) electrons. The predicted molar refractivity (Wildman–Crippen MR) is 118 cm³/mol. The van der Waals surface area contributed by atoms with Gasteiger partial charge in [-0.2, -0.15) is 0 Å². The minimum atomic E-state index is -0.575. The van der Waals surface area contributed by atoms with Crippen LogP contribution in [-0.2, 0) is 28.5 Å². The minimum Gasteiger partial charge on any atom is -0.459 e. The van der Waals surface area contributed by atoms with Crippen LogP contribution in [0.1, 0.15) is 40.5 Å². The van der Waals surface area contributed by atoms with E-state index in [0.29, 0.717) is 19.0 Å². The van der Waals surface area contributed by atoms with Crippen molar-refractivity contribution in [3.63, 3.8) is 0 Å². The van der Waals surface area contributed by atoms with E-state index in [9.17, 15) is 19.2 Å². The Hall–Kier alpha value is -3.04. The molecule has 0 aliphatic rings. The van der Waals surface area contributed by atoms with Crippen LogP contribution in [0.4, 0.5) is 9.59 Å². The number of nitrogens with one attached hydrogen (secondary N) is 2. The lowest BCUT2D eigenvalue weighted by Gasteiger charge is -2.18. The fourth-order valence-electron chi connectivity index (χ4n) is 2.45. The standard InChI is InChI=1S/C22H36N2O8/c1-15(2)19(25)29-9-11-31-21(27)23-8-7-17(5)13-18(6)14-24-22(28)32-12-10-30-20(26)16(3)4/h17-18H,1,3,7-14H2,2,4-6H3,(H,23,27)(H,24,28). The Balaban J connectivity index is 3.78. The fraction of sp³-hybridized carbons (Fsp3) is 0.636. The molecule has 0 fully saturated rings. The predicted octanol–water partition coefficient (Wildman–Crippen LogP) is 2.73. The van der Waals surface area contributed by atoms with E-state index >= 15 is 0 Å². The maximum Gasteiger partial charge on any atom is 0.407 e. The van der Waals surface area contributed by atoms with Crippen LogP contribution in [0.5, 0.6) is 0 Å². The quantitative estimate of drug-likeness (QED) is 0.167. The van der Waals surface area contributed by atoms with Crippen molar-refractivity contribution in [3.05, 3.63) is 24.3 Å². The van der Waals surface area contributed by atoms with E-state index < -0.39 is 24.1 Å². The highest BCUT2D eigenvalue weighted by atomic mass is 16.6. The molecule has 182 valence electrons. The zero-order valence-corrected chi connectivity index (χ0v) is 19.5. The highest BCUT2D eigenvalue weighted by Crippen LogP contribution is 2.14. The molecule has 2 atom stereocenters. The number of carbonyl (C=O) groups excluding carboxylic acids is 4. The summed E-state index contributed by atoms with van der Waals surface area (Å²) in [6.07, 6.45) is 0.427. The number of ether oxygens (including phenoxy) is 4. The average molecular weight is 457 g/mol. The van der Waals surface area contributed by atoms with E-state index in [1.165, 1.54) is 13.8 Å². The summed E-state index contributed by atoms with van der Waals surface area (Å²) >= 11 is 0. The smallest absolute Gasteiger partial charge is 0.407 e. The number of esters is 2. The third kappa shape index (κ3) is 15.8. The molecule has 0 rings (SSSR count). The molecule has 32 heavy (non-hydrogen) atoms. The first kappa shape index (κ1) is 29.0. The summed E-state index contributed by atoms with van der Waals surface area (Å²) in [7, 11) is 0. The highest BCUT2D eigenvalue weighted by Gasteiger charge is 2.12. The van der Waals surface area contributed by atoms with Gasteiger partial charge in [-0.3, -0.25) is 0 Å². The second-order valence-corrected chi connectivity index (χ2v) is 7.65. The Morgan fingerprint density at radius 3 is 1.62 bits per heavy atom. The van der Waals surface area contributed by atoms with Crippen LogP contribution in [0.25, 0.3) is 0 Å². The fourth-order valence-corrected chi connectivity index (χ4v) is 2.45. The van der Waals surface area contributed by atoms with Gasteiger partial charge in [0.05, 0.1) is 0 Å². The van der Waals surface area contributed by atoms with Gasteiger partial charge in [0, 0.05) is 24.2 Å². The molecule has 2 N–H and O–H groups in total. The van der Waals surface area contributed by atoms with Crippen molar-refractivity contribution >= 4 is 24.1 Å². The Morgan fingerprint density at radius 1 is 0.719 bits per heavy atom. The maximum atomic E-state index is 11.7. The van der Waals surface area contributed by atoms with Crippen LogP contribution in [-0.4, -0.2) is 63.6 Å². The van der Waals surface area contributed by atoms with Gasteiger partial charge in [0.2, 0.25) is 0 Å². The average Bonchev–Trinajstić information content (AvgIpc) is 2.72. The lowest BCUT2D eigenvalue weighted by Crippen LogP contribution is -2.31. The van der Waals surface area contributed by atoms with Crippen molar-refractivity contribution in [2.24, 2.45) is 11.8 Å². The van der Waals surface area contributed by atoms with Gasteiger partial charge >= 0.3 is 24.1 Å². The van der Waals surface area contributed by atoms with Gasteiger partial charge in [0.25, 0.3) is 0 Å². The number of amides is 2. The molecule has 0 spiro atoms. The van der Waals surface area contributed by atoms with Gasteiger partial charge in [0.15, 0.2) is 0 Å². The molecule has 2 unspecified atom stereocenters. The van der Waals surface area contributed by atoms with E-state index in [1.807, 2.05) is 6.92 Å². The number of carbonyl (C=O) groups is 4. The first-order valence-electron chi connectivity index (χ1n) is 10.5. The first-order chi connectivity index (χ1) is 15.0. The largest absolute Gasteiger partial charge is 0.459 e. The summed E-state index contributed by atoms with van der Waals surface area (Å²) in [5, 5.41) is 5.31. The molecule has 0 aromatic heterocycles.